The van der Waals surface area contributed by atoms with E-state index in [1.165, 1.54) is 0 Å². The number of carbonyl (C=O) groups is 1. The van der Waals surface area contributed by atoms with Crippen molar-refractivity contribution in [2.45, 2.75) is 13.3 Å². The van der Waals surface area contributed by atoms with E-state index in [2.05, 4.69) is 19.9 Å². The molecule has 2 rings (SSSR count). The van der Waals surface area contributed by atoms with Crippen molar-refractivity contribution >= 4 is 23.1 Å². The van der Waals surface area contributed by atoms with E-state index in [4.69, 9.17) is 0 Å². The van der Waals surface area contributed by atoms with Gasteiger partial charge in [0.15, 0.2) is 0 Å². The molecule has 2 heterocycles. The Morgan fingerprint density at radius 2 is 2.44 bits per heavy atom. The van der Waals surface area contributed by atoms with Crippen molar-refractivity contribution in [3.63, 3.8) is 0 Å². The van der Waals surface area contributed by atoms with Crippen LogP contribution in [0.5, 0.6) is 0 Å². The monoisotopic (exact) mass is 234 g/mol. The van der Waals surface area contributed by atoms with Gasteiger partial charge in [-0.25, -0.2) is 0 Å². The number of nitrogens with one attached hydrogen (secondary N) is 1. The third-order valence-corrected chi connectivity index (χ3v) is 2.78. The number of amides is 1. The first kappa shape index (κ1) is 10.7. The number of aryl methyl sites for hydroxylation is 1. The van der Waals surface area contributed by atoms with Gasteiger partial charge in [0.2, 0.25) is 0 Å². The van der Waals surface area contributed by atoms with Gasteiger partial charge in [0.1, 0.15) is 4.88 Å². The molecule has 0 aliphatic carbocycles. The lowest BCUT2D eigenvalue weighted by Crippen LogP contribution is -2.12. The van der Waals surface area contributed by atoms with E-state index in [1.807, 2.05) is 6.92 Å². The Kier molecular flexibility index (Phi) is 3.21. The van der Waals surface area contributed by atoms with Crippen molar-refractivity contribution in [1.29, 1.82) is 0 Å². The molecule has 0 radical (unpaired) electrons. The number of aromatic nitrogens is 3. The predicted octanol–water partition coefficient (Wildman–Crippen LogP) is 1.75. The Bertz CT molecular complexity index is 483. The highest BCUT2D eigenvalue weighted by Gasteiger charge is 2.14. The Hall–Kier alpha value is -1.82. The molecule has 0 spiro atoms. The summed E-state index contributed by atoms with van der Waals surface area (Å²) in [6, 6.07) is 3.55. The molecule has 0 unspecified atom stereocenters. The van der Waals surface area contributed by atoms with E-state index in [0.29, 0.717) is 17.0 Å². The van der Waals surface area contributed by atoms with Crippen LogP contribution >= 0.6 is 11.5 Å². The summed E-state index contributed by atoms with van der Waals surface area (Å²) in [6.45, 7) is 1.94. The molecule has 16 heavy (non-hydrogen) atoms. The Morgan fingerprint density at radius 3 is 3.12 bits per heavy atom. The zero-order chi connectivity index (χ0) is 11.4. The van der Waals surface area contributed by atoms with Gasteiger partial charge in [0.05, 0.1) is 17.6 Å². The Balaban J connectivity index is 2.15. The van der Waals surface area contributed by atoms with Crippen LogP contribution in [0, 0.1) is 0 Å². The summed E-state index contributed by atoms with van der Waals surface area (Å²) in [5, 5.41) is 6.64. The van der Waals surface area contributed by atoms with Crippen LogP contribution < -0.4 is 5.32 Å². The highest BCUT2D eigenvalue weighted by molar-refractivity contribution is 7.08. The lowest BCUT2D eigenvalue weighted by molar-refractivity contribution is 0.102. The number of anilines is 1. The van der Waals surface area contributed by atoms with Crippen molar-refractivity contribution in [2.75, 3.05) is 5.32 Å². The third-order valence-electron chi connectivity index (χ3n) is 2.02. The minimum absolute atomic E-state index is 0.181. The Labute approximate surface area is 96.7 Å². The van der Waals surface area contributed by atoms with E-state index in [9.17, 15) is 4.79 Å². The topological polar surface area (TPSA) is 67.8 Å². The molecule has 0 saturated carbocycles. The molecule has 0 saturated heterocycles. The smallest absolute Gasteiger partial charge is 0.269 e. The van der Waals surface area contributed by atoms with Gasteiger partial charge in [-0.2, -0.15) is 0 Å². The third kappa shape index (κ3) is 2.22. The lowest BCUT2D eigenvalue weighted by atomic mass is 10.3. The number of hydrogen-bond donors (Lipinski definition) is 1. The van der Waals surface area contributed by atoms with Gasteiger partial charge in [-0.05, 0) is 30.1 Å². The molecule has 0 atom stereocenters. The van der Waals surface area contributed by atoms with Crippen LogP contribution in [0.1, 0.15) is 22.3 Å². The number of rotatable bonds is 3. The van der Waals surface area contributed by atoms with Crippen LogP contribution in [0.2, 0.25) is 0 Å². The van der Waals surface area contributed by atoms with Gasteiger partial charge in [0.25, 0.3) is 5.91 Å². The summed E-state index contributed by atoms with van der Waals surface area (Å²) >= 11 is 1.11. The SMILES string of the molecule is CCc1nnsc1C(=O)Nc1cccnc1. The van der Waals surface area contributed by atoms with Gasteiger partial charge in [-0.1, -0.05) is 11.4 Å². The quantitative estimate of drug-likeness (QED) is 0.878. The maximum absolute atomic E-state index is 11.8. The molecule has 6 heteroatoms. The summed E-state index contributed by atoms with van der Waals surface area (Å²) in [6.07, 6.45) is 3.95. The highest BCUT2D eigenvalue weighted by atomic mass is 32.1. The van der Waals surface area contributed by atoms with Gasteiger partial charge >= 0.3 is 0 Å². The van der Waals surface area contributed by atoms with Crippen molar-refractivity contribution in [1.82, 2.24) is 14.6 Å². The zero-order valence-corrected chi connectivity index (χ0v) is 9.49. The fourth-order valence-corrected chi connectivity index (χ4v) is 1.88. The normalized spacial score (nSPS) is 10.1. The van der Waals surface area contributed by atoms with Crippen molar-refractivity contribution in [3.05, 3.63) is 35.1 Å². The first-order chi connectivity index (χ1) is 7.81. The molecule has 2 aromatic heterocycles. The molecular weight excluding hydrogens is 224 g/mol. The van der Waals surface area contributed by atoms with Crippen LogP contribution in [-0.2, 0) is 6.42 Å². The van der Waals surface area contributed by atoms with E-state index in [-0.39, 0.29) is 5.91 Å². The molecule has 0 bridgehead atoms. The standard InChI is InChI=1S/C10H10N4OS/c1-2-8-9(16-14-13-8)10(15)12-7-4-3-5-11-6-7/h3-6H,2H2,1H3,(H,12,15). The molecular formula is C10H10N4OS. The fraction of sp³-hybridized carbons (Fsp3) is 0.200. The average Bonchev–Trinajstić information content (AvgIpc) is 2.78. The summed E-state index contributed by atoms with van der Waals surface area (Å²) in [4.78, 5) is 16.3. The molecule has 0 fully saturated rings. The number of pyridine rings is 1. The summed E-state index contributed by atoms with van der Waals surface area (Å²) < 4.78 is 3.77. The summed E-state index contributed by atoms with van der Waals surface area (Å²) in [5.41, 5.74) is 1.40. The van der Waals surface area contributed by atoms with Crippen LogP contribution in [0.15, 0.2) is 24.5 Å². The van der Waals surface area contributed by atoms with Crippen LogP contribution in [0.3, 0.4) is 0 Å². The van der Waals surface area contributed by atoms with Gasteiger partial charge in [0, 0.05) is 6.20 Å². The van der Waals surface area contributed by atoms with Gasteiger partial charge < -0.3 is 5.32 Å². The second-order valence-corrected chi connectivity index (χ2v) is 3.85. The van der Waals surface area contributed by atoms with E-state index in [1.54, 1.807) is 24.5 Å². The second-order valence-electron chi connectivity index (χ2n) is 3.10. The molecule has 0 aliphatic heterocycles. The van der Waals surface area contributed by atoms with Crippen molar-refractivity contribution in [3.8, 4) is 0 Å². The number of carbonyl (C=O) groups excluding carboxylic acids is 1. The lowest BCUT2D eigenvalue weighted by Gasteiger charge is -2.02. The van der Waals surface area contributed by atoms with E-state index < -0.39 is 0 Å². The minimum atomic E-state index is -0.181. The predicted molar refractivity (Wildman–Crippen MR) is 61.5 cm³/mol. The van der Waals surface area contributed by atoms with Crippen molar-refractivity contribution in [2.24, 2.45) is 0 Å². The molecule has 0 aromatic carbocycles. The fourth-order valence-electron chi connectivity index (χ4n) is 1.24. The summed E-state index contributed by atoms with van der Waals surface area (Å²) in [7, 11) is 0. The van der Waals surface area contributed by atoms with E-state index in [0.717, 1.165) is 17.2 Å². The summed E-state index contributed by atoms with van der Waals surface area (Å²) in [5.74, 6) is -0.181. The Morgan fingerprint density at radius 1 is 1.56 bits per heavy atom. The van der Waals surface area contributed by atoms with Crippen LogP contribution in [0.25, 0.3) is 0 Å². The molecule has 0 aliphatic rings. The van der Waals surface area contributed by atoms with E-state index >= 15 is 0 Å². The number of hydrogen-bond acceptors (Lipinski definition) is 5. The first-order valence-electron chi connectivity index (χ1n) is 4.84. The molecule has 1 amide bonds. The highest BCUT2D eigenvalue weighted by Crippen LogP contribution is 2.13. The van der Waals surface area contributed by atoms with Crippen LogP contribution in [-0.4, -0.2) is 20.5 Å². The first-order valence-corrected chi connectivity index (χ1v) is 5.61. The maximum Gasteiger partial charge on any atom is 0.269 e. The molecule has 1 N–H and O–H groups in total. The largest absolute Gasteiger partial charge is 0.320 e. The average molecular weight is 234 g/mol. The molecule has 82 valence electrons. The van der Waals surface area contributed by atoms with Gasteiger partial charge in [-0.15, -0.1) is 5.10 Å². The maximum atomic E-state index is 11.8. The molecule has 2 aromatic rings. The van der Waals surface area contributed by atoms with Crippen LogP contribution in [0.4, 0.5) is 5.69 Å². The minimum Gasteiger partial charge on any atom is -0.320 e. The van der Waals surface area contributed by atoms with Gasteiger partial charge in [-0.3, -0.25) is 9.78 Å². The zero-order valence-electron chi connectivity index (χ0n) is 8.67. The number of nitrogens with zero attached hydrogens (tertiary/aromatic N) is 3. The second kappa shape index (κ2) is 4.80. The molecule has 5 nitrogen and oxygen atoms in total. The van der Waals surface area contributed by atoms with Crippen molar-refractivity contribution < 1.29 is 4.79 Å².